The van der Waals surface area contributed by atoms with Gasteiger partial charge in [0.2, 0.25) is 0 Å². The molecule has 0 aliphatic heterocycles. The van der Waals surface area contributed by atoms with E-state index >= 15 is 0 Å². The van der Waals surface area contributed by atoms with Crippen molar-refractivity contribution in [3.63, 3.8) is 0 Å². The number of rotatable bonds is 11. The molecule has 1 N–H and O–H groups in total. The van der Waals surface area contributed by atoms with Gasteiger partial charge in [-0.3, -0.25) is 4.79 Å². The van der Waals surface area contributed by atoms with E-state index in [1.165, 1.54) is 0 Å². The number of methoxy groups -OCH3 is 1. The van der Waals surface area contributed by atoms with Crippen LogP contribution in [0.25, 0.3) is 0 Å². The number of carbonyl (C=O) groups excluding carboxylic acids is 2. The normalized spacial score (nSPS) is 11.9. The molecule has 0 saturated carbocycles. The van der Waals surface area contributed by atoms with Gasteiger partial charge in [0.1, 0.15) is 5.75 Å². The molecule has 1 atom stereocenters. The van der Waals surface area contributed by atoms with Crippen LogP contribution in [0.2, 0.25) is 0 Å². The van der Waals surface area contributed by atoms with Gasteiger partial charge >= 0.3 is 5.97 Å². The Morgan fingerprint density at radius 3 is 2.40 bits per heavy atom. The first-order valence-corrected chi connectivity index (χ1v) is 8.60. The van der Waals surface area contributed by atoms with Gasteiger partial charge in [-0.05, 0) is 43.4 Å². The summed E-state index contributed by atoms with van der Waals surface area (Å²) < 4.78 is 15.4. The van der Waals surface area contributed by atoms with Gasteiger partial charge in [-0.2, -0.15) is 0 Å². The highest BCUT2D eigenvalue weighted by molar-refractivity contribution is 5.81. The molecule has 6 nitrogen and oxygen atoms in total. The summed E-state index contributed by atoms with van der Waals surface area (Å²) in [5, 5.41) is 2.72. The minimum Gasteiger partial charge on any atom is -0.497 e. The van der Waals surface area contributed by atoms with Crippen molar-refractivity contribution in [2.45, 2.75) is 39.7 Å². The van der Waals surface area contributed by atoms with Crippen molar-refractivity contribution in [3.05, 3.63) is 29.8 Å². The predicted molar refractivity (Wildman–Crippen MR) is 95.5 cm³/mol. The maximum absolute atomic E-state index is 11.7. The molecular formula is C19H29NO5. The van der Waals surface area contributed by atoms with Gasteiger partial charge in [0.25, 0.3) is 5.91 Å². The Morgan fingerprint density at radius 1 is 1.12 bits per heavy atom. The Bertz CT molecular complexity index is 527. The standard InChI is InChI=1S/C19H29NO5/c1-14(2)10-12-24-15(3)19(22)25-13-18(21)20-11-9-16-5-7-17(23-4)8-6-16/h5-8,14-15H,9-13H2,1-4H3,(H,20,21). The molecule has 0 saturated heterocycles. The molecule has 140 valence electrons. The van der Waals surface area contributed by atoms with Crippen molar-refractivity contribution >= 4 is 11.9 Å². The zero-order valence-corrected chi connectivity index (χ0v) is 15.5. The lowest BCUT2D eigenvalue weighted by Gasteiger charge is -2.13. The fourth-order valence-electron chi connectivity index (χ4n) is 1.99. The Hall–Kier alpha value is -2.08. The van der Waals surface area contributed by atoms with E-state index in [0.717, 1.165) is 17.7 Å². The summed E-state index contributed by atoms with van der Waals surface area (Å²) in [6.45, 7) is 6.49. The van der Waals surface area contributed by atoms with Crippen molar-refractivity contribution in [2.24, 2.45) is 5.92 Å². The predicted octanol–water partition coefficient (Wildman–Crippen LogP) is 2.35. The summed E-state index contributed by atoms with van der Waals surface area (Å²) in [4.78, 5) is 23.5. The number of hydrogen-bond acceptors (Lipinski definition) is 5. The summed E-state index contributed by atoms with van der Waals surface area (Å²) in [6.07, 6.45) is 0.910. The third-order valence-electron chi connectivity index (χ3n) is 3.64. The fraction of sp³-hybridized carbons (Fsp3) is 0.579. The van der Waals surface area contributed by atoms with Crippen molar-refractivity contribution in [1.82, 2.24) is 5.32 Å². The Morgan fingerprint density at radius 2 is 1.80 bits per heavy atom. The van der Waals surface area contributed by atoms with E-state index in [-0.39, 0.29) is 12.5 Å². The highest BCUT2D eigenvalue weighted by Gasteiger charge is 2.16. The number of hydrogen-bond donors (Lipinski definition) is 1. The SMILES string of the molecule is COc1ccc(CCNC(=O)COC(=O)C(C)OCCC(C)C)cc1. The number of benzene rings is 1. The van der Waals surface area contributed by atoms with Crippen molar-refractivity contribution in [3.8, 4) is 5.75 Å². The largest absolute Gasteiger partial charge is 0.497 e. The zero-order chi connectivity index (χ0) is 18.7. The lowest BCUT2D eigenvalue weighted by molar-refractivity contribution is -0.159. The number of esters is 1. The minimum absolute atomic E-state index is 0.292. The summed E-state index contributed by atoms with van der Waals surface area (Å²) >= 11 is 0. The van der Waals surface area contributed by atoms with Crippen LogP contribution in [0.3, 0.4) is 0 Å². The van der Waals surface area contributed by atoms with E-state index in [4.69, 9.17) is 14.2 Å². The molecule has 0 aliphatic rings. The Balaban J connectivity index is 2.17. The highest BCUT2D eigenvalue weighted by atomic mass is 16.6. The third kappa shape index (κ3) is 9.10. The smallest absolute Gasteiger partial charge is 0.335 e. The van der Waals surface area contributed by atoms with Crippen molar-refractivity contribution in [1.29, 1.82) is 0 Å². The van der Waals surface area contributed by atoms with Crippen LogP contribution < -0.4 is 10.1 Å². The van der Waals surface area contributed by atoms with Crippen LogP contribution in [0.15, 0.2) is 24.3 Å². The topological polar surface area (TPSA) is 73.9 Å². The molecule has 6 heteroatoms. The minimum atomic E-state index is -0.661. The first-order valence-electron chi connectivity index (χ1n) is 8.60. The molecular weight excluding hydrogens is 322 g/mol. The first-order chi connectivity index (χ1) is 11.9. The number of nitrogens with one attached hydrogen (secondary N) is 1. The fourth-order valence-corrected chi connectivity index (χ4v) is 1.99. The number of carbonyl (C=O) groups is 2. The van der Waals surface area contributed by atoms with Gasteiger partial charge in [-0.1, -0.05) is 26.0 Å². The van der Waals surface area contributed by atoms with Crippen LogP contribution in [0.4, 0.5) is 0 Å². The number of ether oxygens (including phenoxy) is 3. The molecule has 0 bridgehead atoms. The van der Waals surface area contributed by atoms with Gasteiger partial charge < -0.3 is 19.5 Å². The van der Waals surface area contributed by atoms with Gasteiger partial charge in [-0.25, -0.2) is 4.79 Å². The molecule has 0 heterocycles. The summed E-state index contributed by atoms with van der Waals surface area (Å²) in [7, 11) is 1.62. The average Bonchev–Trinajstić information content (AvgIpc) is 2.59. The molecule has 1 amide bonds. The molecule has 1 rings (SSSR count). The van der Waals surface area contributed by atoms with Crippen molar-refractivity contribution < 1.29 is 23.8 Å². The Kier molecular flexibility index (Phi) is 9.62. The molecule has 1 unspecified atom stereocenters. The molecule has 0 aromatic heterocycles. The van der Waals surface area contributed by atoms with E-state index in [9.17, 15) is 9.59 Å². The average molecular weight is 351 g/mol. The van der Waals surface area contributed by atoms with Crippen molar-refractivity contribution in [2.75, 3.05) is 26.9 Å². The molecule has 0 aliphatic carbocycles. The number of amides is 1. The second kappa shape index (κ2) is 11.5. The quantitative estimate of drug-likeness (QED) is 0.620. The lowest BCUT2D eigenvalue weighted by Crippen LogP contribution is -2.33. The van der Waals surface area contributed by atoms with Crippen LogP contribution >= 0.6 is 0 Å². The maximum Gasteiger partial charge on any atom is 0.335 e. The lowest BCUT2D eigenvalue weighted by atomic mass is 10.1. The second-order valence-corrected chi connectivity index (χ2v) is 6.25. The summed E-state index contributed by atoms with van der Waals surface area (Å²) in [5.41, 5.74) is 1.09. The monoisotopic (exact) mass is 351 g/mol. The Labute approximate surface area is 149 Å². The van der Waals surface area contributed by atoms with E-state index < -0.39 is 12.1 Å². The van der Waals surface area contributed by atoms with Crippen LogP contribution in [0.1, 0.15) is 32.8 Å². The van der Waals surface area contributed by atoms with Crippen LogP contribution in [-0.2, 0) is 25.5 Å². The van der Waals surface area contributed by atoms with Crippen LogP contribution in [-0.4, -0.2) is 44.8 Å². The summed E-state index contributed by atoms with van der Waals surface area (Å²) in [5.74, 6) is 0.467. The molecule has 1 aromatic carbocycles. The molecule has 25 heavy (non-hydrogen) atoms. The van der Waals surface area contributed by atoms with Gasteiger partial charge in [0, 0.05) is 13.2 Å². The molecule has 0 radical (unpaired) electrons. The molecule has 0 fully saturated rings. The van der Waals surface area contributed by atoms with Gasteiger partial charge in [0.15, 0.2) is 12.7 Å². The zero-order valence-electron chi connectivity index (χ0n) is 15.5. The third-order valence-corrected chi connectivity index (χ3v) is 3.64. The van der Waals surface area contributed by atoms with Crippen LogP contribution in [0.5, 0.6) is 5.75 Å². The molecule has 1 aromatic rings. The highest BCUT2D eigenvalue weighted by Crippen LogP contribution is 2.11. The van der Waals surface area contributed by atoms with E-state index in [1.54, 1.807) is 14.0 Å². The second-order valence-electron chi connectivity index (χ2n) is 6.25. The maximum atomic E-state index is 11.7. The molecule has 0 spiro atoms. The van der Waals surface area contributed by atoms with E-state index in [0.29, 0.717) is 25.5 Å². The van der Waals surface area contributed by atoms with Gasteiger partial charge in [-0.15, -0.1) is 0 Å². The summed E-state index contributed by atoms with van der Waals surface area (Å²) in [6, 6.07) is 7.64. The first kappa shape index (κ1) is 21.0. The van der Waals surface area contributed by atoms with E-state index in [2.05, 4.69) is 19.2 Å². The van der Waals surface area contributed by atoms with Gasteiger partial charge in [0.05, 0.1) is 7.11 Å². The van der Waals surface area contributed by atoms with E-state index in [1.807, 2.05) is 24.3 Å². The van der Waals surface area contributed by atoms with Crippen LogP contribution in [0, 0.1) is 5.92 Å².